The lowest BCUT2D eigenvalue weighted by molar-refractivity contribution is -0.116. The molecule has 1 rings (SSSR count). The summed E-state index contributed by atoms with van der Waals surface area (Å²) < 4.78 is 18.3. The van der Waals surface area contributed by atoms with E-state index in [-0.39, 0.29) is 11.7 Å². The van der Waals surface area contributed by atoms with E-state index in [0.29, 0.717) is 12.1 Å². The predicted molar refractivity (Wildman–Crippen MR) is 78.2 cm³/mol. The van der Waals surface area contributed by atoms with Crippen molar-refractivity contribution in [2.24, 2.45) is 0 Å². The number of hydrogen-bond acceptors (Lipinski definition) is 3. The molecule has 5 heteroatoms. The zero-order chi connectivity index (χ0) is 15.0. The third-order valence-electron chi connectivity index (χ3n) is 2.68. The third kappa shape index (κ3) is 5.84. The standard InChI is InChI=1S/C15H21FN2O2/c1-18(2)10-4-9-17-15(19)8-6-12-5-7-14(20-3)13(16)11-12/h5-8,11H,4,9-10H2,1-3H3,(H,17,19)/b8-6+. The van der Waals surface area contributed by atoms with Gasteiger partial charge in [0.15, 0.2) is 11.6 Å². The number of rotatable bonds is 7. The van der Waals surface area contributed by atoms with E-state index in [2.05, 4.69) is 10.2 Å². The Hall–Kier alpha value is -1.88. The molecule has 0 aliphatic carbocycles. The first-order chi connectivity index (χ1) is 9.52. The Morgan fingerprint density at radius 2 is 2.20 bits per heavy atom. The molecule has 0 radical (unpaired) electrons. The van der Waals surface area contributed by atoms with E-state index in [4.69, 9.17) is 4.74 Å². The van der Waals surface area contributed by atoms with Crippen molar-refractivity contribution in [3.63, 3.8) is 0 Å². The highest BCUT2D eigenvalue weighted by molar-refractivity contribution is 5.91. The van der Waals surface area contributed by atoms with Gasteiger partial charge in [0.1, 0.15) is 0 Å². The summed E-state index contributed by atoms with van der Waals surface area (Å²) in [6.45, 7) is 1.55. The second kappa shape index (κ2) is 8.32. The summed E-state index contributed by atoms with van der Waals surface area (Å²) >= 11 is 0. The molecule has 4 nitrogen and oxygen atoms in total. The molecule has 0 bridgehead atoms. The van der Waals surface area contributed by atoms with Crippen molar-refractivity contribution in [3.05, 3.63) is 35.7 Å². The Bertz CT molecular complexity index is 473. The first kappa shape index (κ1) is 16.2. The molecule has 0 aliphatic heterocycles. The lowest BCUT2D eigenvalue weighted by Gasteiger charge is -2.08. The van der Waals surface area contributed by atoms with E-state index < -0.39 is 5.82 Å². The fourth-order valence-electron chi connectivity index (χ4n) is 1.62. The Morgan fingerprint density at radius 1 is 1.45 bits per heavy atom. The molecule has 0 atom stereocenters. The van der Waals surface area contributed by atoms with Crippen LogP contribution in [0.2, 0.25) is 0 Å². The monoisotopic (exact) mass is 280 g/mol. The molecule has 1 aromatic rings. The topological polar surface area (TPSA) is 41.6 Å². The number of methoxy groups -OCH3 is 1. The number of carbonyl (C=O) groups is 1. The summed E-state index contributed by atoms with van der Waals surface area (Å²) in [5.41, 5.74) is 0.617. The number of halogens is 1. The van der Waals surface area contributed by atoms with Gasteiger partial charge < -0.3 is 15.0 Å². The van der Waals surface area contributed by atoms with Crippen LogP contribution in [0.15, 0.2) is 24.3 Å². The molecule has 0 aromatic heterocycles. The number of hydrogen-bond donors (Lipinski definition) is 1. The number of ether oxygens (including phenoxy) is 1. The number of carbonyl (C=O) groups excluding carboxylic acids is 1. The lowest BCUT2D eigenvalue weighted by Crippen LogP contribution is -2.25. The van der Waals surface area contributed by atoms with Crippen LogP contribution in [0.5, 0.6) is 5.75 Å². The van der Waals surface area contributed by atoms with Crippen LogP contribution < -0.4 is 10.1 Å². The van der Waals surface area contributed by atoms with E-state index in [0.717, 1.165) is 13.0 Å². The summed E-state index contributed by atoms with van der Waals surface area (Å²) in [6, 6.07) is 4.55. The number of amides is 1. The molecule has 0 spiro atoms. The van der Waals surface area contributed by atoms with E-state index in [9.17, 15) is 9.18 Å². The first-order valence-corrected chi connectivity index (χ1v) is 6.47. The molecule has 0 fully saturated rings. The molecule has 1 aromatic carbocycles. The van der Waals surface area contributed by atoms with Crippen molar-refractivity contribution >= 4 is 12.0 Å². The minimum Gasteiger partial charge on any atom is -0.494 e. The van der Waals surface area contributed by atoms with Crippen LogP contribution in [0, 0.1) is 5.82 Å². The van der Waals surface area contributed by atoms with Gasteiger partial charge in [0.05, 0.1) is 7.11 Å². The highest BCUT2D eigenvalue weighted by Gasteiger charge is 2.02. The van der Waals surface area contributed by atoms with Gasteiger partial charge >= 0.3 is 0 Å². The van der Waals surface area contributed by atoms with Gasteiger partial charge in [-0.2, -0.15) is 0 Å². The van der Waals surface area contributed by atoms with Crippen molar-refractivity contribution < 1.29 is 13.9 Å². The van der Waals surface area contributed by atoms with Crippen molar-refractivity contribution in [2.75, 3.05) is 34.3 Å². The molecular weight excluding hydrogens is 259 g/mol. The second-order valence-corrected chi connectivity index (χ2v) is 4.68. The molecule has 20 heavy (non-hydrogen) atoms. The van der Waals surface area contributed by atoms with Crippen LogP contribution in [0.4, 0.5) is 4.39 Å². The van der Waals surface area contributed by atoms with Crippen LogP contribution in [-0.4, -0.2) is 45.1 Å². The zero-order valence-corrected chi connectivity index (χ0v) is 12.1. The summed E-state index contributed by atoms with van der Waals surface area (Å²) in [7, 11) is 5.38. The van der Waals surface area contributed by atoms with Crippen LogP contribution in [0.25, 0.3) is 6.08 Å². The Balaban J connectivity index is 2.43. The maximum atomic E-state index is 13.4. The SMILES string of the molecule is COc1ccc(/C=C/C(=O)NCCCN(C)C)cc1F. The normalized spacial score (nSPS) is 11.1. The van der Waals surface area contributed by atoms with Gasteiger partial charge in [0.2, 0.25) is 5.91 Å². The quantitative estimate of drug-likeness (QED) is 0.613. The molecular formula is C15H21FN2O2. The Kier molecular flexibility index (Phi) is 6.73. The second-order valence-electron chi connectivity index (χ2n) is 4.68. The highest BCUT2D eigenvalue weighted by Crippen LogP contribution is 2.18. The average molecular weight is 280 g/mol. The molecule has 1 N–H and O–H groups in total. The van der Waals surface area contributed by atoms with E-state index >= 15 is 0 Å². The molecule has 0 saturated carbocycles. The summed E-state index contributed by atoms with van der Waals surface area (Å²) in [6.07, 6.45) is 3.87. The summed E-state index contributed by atoms with van der Waals surface area (Å²) in [5, 5.41) is 2.77. The first-order valence-electron chi connectivity index (χ1n) is 6.47. The van der Waals surface area contributed by atoms with E-state index in [1.165, 1.54) is 25.3 Å². The Morgan fingerprint density at radius 3 is 2.80 bits per heavy atom. The third-order valence-corrected chi connectivity index (χ3v) is 2.68. The van der Waals surface area contributed by atoms with Gasteiger partial charge in [-0.25, -0.2) is 4.39 Å². The highest BCUT2D eigenvalue weighted by atomic mass is 19.1. The van der Waals surface area contributed by atoms with Crippen molar-refractivity contribution in [1.82, 2.24) is 10.2 Å². The number of nitrogens with zero attached hydrogens (tertiary/aromatic N) is 1. The maximum Gasteiger partial charge on any atom is 0.243 e. The molecule has 1 amide bonds. The zero-order valence-electron chi connectivity index (χ0n) is 12.1. The summed E-state index contributed by atoms with van der Waals surface area (Å²) in [4.78, 5) is 13.6. The fraction of sp³-hybridized carbons (Fsp3) is 0.400. The van der Waals surface area contributed by atoms with Crippen LogP contribution in [-0.2, 0) is 4.79 Å². The van der Waals surface area contributed by atoms with Gasteiger partial charge in [-0.1, -0.05) is 6.07 Å². The van der Waals surface area contributed by atoms with Gasteiger partial charge in [-0.3, -0.25) is 4.79 Å². The minimum absolute atomic E-state index is 0.181. The van der Waals surface area contributed by atoms with Gasteiger partial charge in [0, 0.05) is 12.6 Å². The van der Waals surface area contributed by atoms with Crippen LogP contribution in [0.1, 0.15) is 12.0 Å². The molecule has 0 unspecified atom stereocenters. The van der Waals surface area contributed by atoms with Gasteiger partial charge in [0.25, 0.3) is 0 Å². The smallest absolute Gasteiger partial charge is 0.243 e. The van der Waals surface area contributed by atoms with Crippen molar-refractivity contribution in [2.45, 2.75) is 6.42 Å². The summed E-state index contributed by atoms with van der Waals surface area (Å²) in [5.74, 6) is -0.434. The van der Waals surface area contributed by atoms with Crippen LogP contribution >= 0.6 is 0 Å². The molecule has 110 valence electrons. The Labute approximate surface area is 119 Å². The number of benzene rings is 1. The van der Waals surface area contributed by atoms with E-state index in [1.54, 1.807) is 12.1 Å². The minimum atomic E-state index is -0.443. The van der Waals surface area contributed by atoms with E-state index in [1.807, 2.05) is 14.1 Å². The van der Waals surface area contributed by atoms with Gasteiger partial charge in [-0.05, 0) is 50.8 Å². The van der Waals surface area contributed by atoms with Crippen LogP contribution in [0.3, 0.4) is 0 Å². The molecule has 0 heterocycles. The predicted octanol–water partition coefficient (Wildman–Crippen LogP) is 1.92. The molecule has 0 aliphatic rings. The van der Waals surface area contributed by atoms with Crippen molar-refractivity contribution in [3.8, 4) is 5.75 Å². The fourth-order valence-corrected chi connectivity index (χ4v) is 1.62. The maximum absolute atomic E-state index is 13.4. The average Bonchev–Trinajstić information content (AvgIpc) is 2.41. The largest absolute Gasteiger partial charge is 0.494 e. The van der Waals surface area contributed by atoms with Gasteiger partial charge in [-0.15, -0.1) is 0 Å². The van der Waals surface area contributed by atoms with Crippen molar-refractivity contribution in [1.29, 1.82) is 0 Å². The lowest BCUT2D eigenvalue weighted by atomic mass is 10.2. The number of nitrogens with one attached hydrogen (secondary N) is 1. The molecule has 0 saturated heterocycles.